The van der Waals surface area contributed by atoms with Crippen LogP contribution < -0.4 is 0 Å². The molecular formula is C12H19N3O2. The zero-order valence-corrected chi connectivity index (χ0v) is 10.5. The maximum absolute atomic E-state index is 11.8. The summed E-state index contributed by atoms with van der Waals surface area (Å²) in [5, 5.41) is 5.83. The molecule has 0 aliphatic carbocycles. The van der Waals surface area contributed by atoms with Gasteiger partial charge in [0, 0.05) is 18.7 Å². The standard InChI is InChI=1S/C12H19N3O2/c1-10-9-11(2)14(13-10)7-5-12(16)15-6-3-4-8-17-15/h9H,3-8H2,1-2H3. The van der Waals surface area contributed by atoms with E-state index in [2.05, 4.69) is 5.10 Å². The lowest BCUT2D eigenvalue weighted by Gasteiger charge is -2.25. The van der Waals surface area contributed by atoms with E-state index in [1.54, 1.807) is 0 Å². The van der Waals surface area contributed by atoms with Gasteiger partial charge in [0.15, 0.2) is 0 Å². The summed E-state index contributed by atoms with van der Waals surface area (Å²) in [6.45, 7) is 5.96. The Balaban J connectivity index is 1.85. The molecule has 94 valence electrons. The van der Waals surface area contributed by atoms with Gasteiger partial charge in [-0.3, -0.25) is 14.3 Å². The highest BCUT2D eigenvalue weighted by molar-refractivity contribution is 5.75. The second-order valence-electron chi connectivity index (χ2n) is 4.44. The molecule has 1 saturated heterocycles. The summed E-state index contributed by atoms with van der Waals surface area (Å²) in [6.07, 6.45) is 2.52. The lowest BCUT2D eigenvalue weighted by Crippen LogP contribution is -2.36. The van der Waals surface area contributed by atoms with Gasteiger partial charge in [0.05, 0.1) is 18.8 Å². The number of hydroxylamine groups is 2. The van der Waals surface area contributed by atoms with Crippen LogP contribution in [-0.4, -0.2) is 33.9 Å². The lowest BCUT2D eigenvalue weighted by molar-refractivity contribution is -0.197. The van der Waals surface area contributed by atoms with Gasteiger partial charge in [-0.05, 0) is 32.8 Å². The van der Waals surface area contributed by atoms with Crippen LogP contribution in [-0.2, 0) is 16.2 Å². The highest BCUT2D eigenvalue weighted by Gasteiger charge is 2.17. The number of nitrogens with zero attached hydrogens (tertiary/aromatic N) is 3. The van der Waals surface area contributed by atoms with Gasteiger partial charge < -0.3 is 0 Å². The van der Waals surface area contributed by atoms with E-state index in [0.29, 0.717) is 19.6 Å². The van der Waals surface area contributed by atoms with Gasteiger partial charge in [-0.25, -0.2) is 5.06 Å². The average molecular weight is 237 g/mol. The van der Waals surface area contributed by atoms with Gasteiger partial charge in [-0.2, -0.15) is 5.10 Å². The molecule has 1 aromatic rings. The van der Waals surface area contributed by atoms with E-state index in [1.165, 1.54) is 5.06 Å². The number of hydrogen-bond donors (Lipinski definition) is 0. The van der Waals surface area contributed by atoms with Crippen molar-refractivity contribution >= 4 is 5.91 Å². The van der Waals surface area contributed by atoms with E-state index >= 15 is 0 Å². The van der Waals surface area contributed by atoms with Gasteiger partial charge in [-0.15, -0.1) is 0 Å². The average Bonchev–Trinajstić information content (AvgIpc) is 2.66. The molecule has 0 radical (unpaired) electrons. The number of aryl methyl sites for hydroxylation is 3. The summed E-state index contributed by atoms with van der Waals surface area (Å²) in [5.74, 6) is 0.0530. The molecule has 0 atom stereocenters. The molecule has 17 heavy (non-hydrogen) atoms. The quantitative estimate of drug-likeness (QED) is 0.799. The minimum Gasteiger partial charge on any atom is -0.273 e. The summed E-state index contributed by atoms with van der Waals surface area (Å²) >= 11 is 0. The monoisotopic (exact) mass is 237 g/mol. The topological polar surface area (TPSA) is 47.4 Å². The first kappa shape index (κ1) is 12.1. The van der Waals surface area contributed by atoms with Crippen molar-refractivity contribution in [2.75, 3.05) is 13.2 Å². The SMILES string of the molecule is Cc1cc(C)n(CCC(=O)N2CCCCO2)n1. The van der Waals surface area contributed by atoms with Crippen LogP contribution >= 0.6 is 0 Å². The van der Waals surface area contributed by atoms with Gasteiger partial charge in [-0.1, -0.05) is 0 Å². The Morgan fingerprint density at radius 1 is 1.47 bits per heavy atom. The van der Waals surface area contributed by atoms with Crippen LogP contribution in [0.25, 0.3) is 0 Å². The van der Waals surface area contributed by atoms with Crippen molar-refractivity contribution in [3.05, 3.63) is 17.5 Å². The highest BCUT2D eigenvalue weighted by atomic mass is 16.7. The van der Waals surface area contributed by atoms with Crippen LogP contribution in [0.1, 0.15) is 30.7 Å². The highest BCUT2D eigenvalue weighted by Crippen LogP contribution is 2.09. The predicted molar refractivity (Wildman–Crippen MR) is 63.2 cm³/mol. The molecule has 1 amide bonds. The van der Waals surface area contributed by atoms with Crippen molar-refractivity contribution in [3.8, 4) is 0 Å². The fourth-order valence-electron chi connectivity index (χ4n) is 2.02. The zero-order chi connectivity index (χ0) is 12.3. The summed E-state index contributed by atoms with van der Waals surface area (Å²) in [5.41, 5.74) is 2.08. The van der Waals surface area contributed by atoms with E-state index in [4.69, 9.17) is 4.84 Å². The normalized spacial score (nSPS) is 16.2. The summed E-state index contributed by atoms with van der Waals surface area (Å²) in [4.78, 5) is 17.2. The van der Waals surface area contributed by atoms with E-state index in [9.17, 15) is 4.79 Å². The Labute approximate surface area is 101 Å². The number of rotatable bonds is 3. The van der Waals surface area contributed by atoms with Crippen LogP contribution in [0.5, 0.6) is 0 Å². The molecule has 1 aliphatic heterocycles. The largest absolute Gasteiger partial charge is 0.273 e. The lowest BCUT2D eigenvalue weighted by atomic mass is 10.3. The van der Waals surface area contributed by atoms with Crippen LogP contribution in [0.15, 0.2) is 6.07 Å². The molecule has 5 nitrogen and oxygen atoms in total. The Morgan fingerprint density at radius 2 is 2.29 bits per heavy atom. The van der Waals surface area contributed by atoms with Crippen molar-refractivity contribution in [3.63, 3.8) is 0 Å². The van der Waals surface area contributed by atoms with Crippen molar-refractivity contribution in [2.24, 2.45) is 0 Å². The van der Waals surface area contributed by atoms with Gasteiger partial charge in [0.25, 0.3) is 0 Å². The van der Waals surface area contributed by atoms with E-state index < -0.39 is 0 Å². The number of aromatic nitrogens is 2. The van der Waals surface area contributed by atoms with E-state index in [1.807, 2.05) is 24.6 Å². The summed E-state index contributed by atoms with van der Waals surface area (Å²) in [6, 6.07) is 2.02. The first-order chi connectivity index (χ1) is 8.16. The molecule has 0 aromatic carbocycles. The molecule has 5 heteroatoms. The molecule has 2 rings (SSSR count). The van der Waals surface area contributed by atoms with Crippen molar-refractivity contribution < 1.29 is 9.63 Å². The van der Waals surface area contributed by atoms with Gasteiger partial charge in [0.1, 0.15) is 0 Å². The van der Waals surface area contributed by atoms with E-state index in [0.717, 1.165) is 30.8 Å². The number of carbonyl (C=O) groups is 1. The fraction of sp³-hybridized carbons (Fsp3) is 0.667. The number of carbonyl (C=O) groups excluding carboxylic acids is 1. The Kier molecular flexibility index (Phi) is 3.78. The molecule has 0 N–H and O–H groups in total. The minimum atomic E-state index is 0.0530. The Bertz CT molecular complexity index is 394. The van der Waals surface area contributed by atoms with Crippen LogP contribution in [0, 0.1) is 13.8 Å². The number of hydrogen-bond acceptors (Lipinski definition) is 3. The zero-order valence-electron chi connectivity index (χ0n) is 10.5. The molecule has 1 fully saturated rings. The summed E-state index contributed by atoms with van der Waals surface area (Å²) in [7, 11) is 0. The molecule has 0 spiro atoms. The molecule has 1 aromatic heterocycles. The number of amides is 1. The van der Waals surface area contributed by atoms with Crippen molar-refractivity contribution in [1.29, 1.82) is 0 Å². The van der Waals surface area contributed by atoms with Gasteiger partial charge in [0.2, 0.25) is 5.91 Å². The third kappa shape index (κ3) is 3.06. The first-order valence-corrected chi connectivity index (χ1v) is 6.11. The molecule has 1 aliphatic rings. The summed E-state index contributed by atoms with van der Waals surface area (Å²) < 4.78 is 1.87. The maximum atomic E-state index is 11.8. The maximum Gasteiger partial charge on any atom is 0.247 e. The van der Waals surface area contributed by atoms with Crippen molar-refractivity contribution in [1.82, 2.24) is 14.8 Å². The molecule has 0 saturated carbocycles. The molecule has 0 bridgehead atoms. The van der Waals surface area contributed by atoms with Crippen LogP contribution in [0.3, 0.4) is 0 Å². The smallest absolute Gasteiger partial charge is 0.247 e. The fourth-order valence-corrected chi connectivity index (χ4v) is 2.02. The second-order valence-corrected chi connectivity index (χ2v) is 4.44. The van der Waals surface area contributed by atoms with Crippen molar-refractivity contribution in [2.45, 2.75) is 39.7 Å². The Hall–Kier alpha value is -1.36. The third-order valence-corrected chi connectivity index (χ3v) is 2.92. The van der Waals surface area contributed by atoms with Crippen LogP contribution in [0.2, 0.25) is 0 Å². The predicted octanol–water partition coefficient (Wildman–Crippen LogP) is 1.44. The van der Waals surface area contributed by atoms with Gasteiger partial charge >= 0.3 is 0 Å². The molecular weight excluding hydrogens is 218 g/mol. The van der Waals surface area contributed by atoms with Crippen LogP contribution in [0.4, 0.5) is 0 Å². The molecule has 0 unspecified atom stereocenters. The Morgan fingerprint density at radius 3 is 2.88 bits per heavy atom. The molecule has 2 heterocycles. The second kappa shape index (κ2) is 5.31. The third-order valence-electron chi connectivity index (χ3n) is 2.92. The van der Waals surface area contributed by atoms with E-state index in [-0.39, 0.29) is 5.91 Å². The first-order valence-electron chi connectivity index (χ1n) is 6.11. The minimum absolute atomic E-state index is 0.0530.